The average molecular weight is 388 g/mol. The van der Waals surface area contributed by atoms with E-state index in [1.165, 1.54) is 29.2 Å². The van der Waals surface area contributed by atoms with Crippen LogP contribution in [-0.4, -0.2) is 30.2 Å². The maximum atomic E-state index is 12.7. The normalized spacial score (nSPS) is 10.7. The Hall–Kier alpha value is -4.27. The van der Waals surface area contributed by atoms with Gasteiger partial charge in [0.2, 0.25) is 0 Å². The molecule has 0 saturated heterocycles. The standard InChI is InChI=1S/C20H16N6O3/c1-14-7-8-22-25(14)17-4-2-3-16(12-17)23-20(27)15-5-6-18(19(11-15)26(28)29)24-10-9-21-13-24/h2-13H,1H3,(H,23,27). The van der Waals surface area contributed by atoms with Crippen LogP contribution < -0.4 is 5.32 Å². The van der Waals surface area contributed by atoms with Crippen molar-refractivity contribution in [2.24, 2.45) is 0 Å². The van der Waals surface area contributed by atoms with Gasteiger partial charge in [-0.15, -0.1) is 0 Å². The quantitative estimate of drug-likeness (QED) is 0.416. The number of aryl methyl sites for hydroxylation is 1. The monoisotopic (exact) mass is 388 g/mol. The first-order valence-corrected chi connectivity index (χ1v) is 8.72. The molecule has 0 atom stereocenters. The summed E-state index contributed by atoms with van der Waals surface area (Å²) in [4.78, 5) is 27.5. The number of nitro groups is 1. The Kier molecular flexibility index (Phi) is 4.62. The minimum Gasteiger partial charge on any atom is -0.322 e. The molecule has 0 aliphatic rings. The number of nitrogens with one attached hydrogen (secondary N) is 1. The van der Waals surface area contributed by atoms with Gasteiger partial charge in [-0.2, -0.15) is 5.10 Å². The maximum absolute atomic E-state index is 12.7. The number of hydrogen-bond acceptors (Lipinski definition) is 5. The molecule has 0 fully saturated rings. The largest absolute Gasteiger partial charge is 0.322 e. The van der Waals surface area contributed by atoms with Gasteiger partial charge in [-0.3, -0.25) is 14.9 Å². The highest BCUT2D eigenvalue weighted by Gasteiger charge is 2.19. The molecular formula is C20H16N6O3. The molecule has 2 aromatic heterocycles. The molecule has 4 aromatic rings. The summed E-state index contributed by atoms with van der Waals surface area (Å²) in [6.45, 7) is 1.93. The molecule has 2 heterocycles. The number of amides is 1. The third-order valence-corrected chi connectivity index (χ3v) is 4.40. The van der Waals surface area contributed by atoms with E-state index >= 15 is 0 Å². The summed E-state index contributed by atoms with van der Waals surface area (Å²) in [5.41, 5.74) is 2.65. The molecule has 0 radical (unpaired) electrons. The number of benzene rings is 2. The van der Waals surface area contributed by atoms with E-state index in [1.54, 1.807) is 41.3 Å². The predicted octanol–water partition coefficient (Wildman–Crippen LogP) is 3.53. The van der Waals surface area contributed by atoms with Crippen molar-refractivity contribution in [2.45, 2.75) is 6.92 Å². The van der Waals surface area contributed by atoms with Crippen LogP contribution in [0.15, 0.2) is 73.4 Å². The Morgan fingerprint density at radius 2 is 2.00 bits per heavy atom. The van der Waals surface area contributed by atoms with E-state index in [9.17, 15) is 14.9 Å². The summed E-state index contributed by atoms with van der Waals surface area (Å²) in [6.07, 6.45) is 6.29. The van der Waals surface area contributed by atoms with Gasteiger partial charge in [0.05, 0.1) is 16.9 Å². The molecule has 9 nitrogen and oxygen atoms in total. The van der Waals surface area contributed by atoms with Crippen molar-refractivity contribution in [2.75, 3.05) is 5.32 Å². The van der Waals surface area contributed by atoms with Crippen LogP contribution in [0.5, 0.6) is 0 Å². The van der Waals surface area contributed by atoms with Crippen molar-refractivity contribution in [1.82, 2.24) is 19.3 Å². The summed E-state index contributed by atoms with van der Waals surface area (Å²) < 4.78 is 3.27. The Balaban J connectivity index is 1.62. The summed E-state index contributed by atoms with van der Waals surface area (Å²) in [5.74, 6) is -0.445. The number of nitrogens with zero attached hydrogens (tertiary/aromatic N) is 5. The number of nitro benzene ring substituents is 1. The zero-order valence-electron chi connectivity index (χ0n) is 15.4. The lowest BCUT2D eigenvalue weighted by atomic mass is 10.1. The van der Waals surface area contributed by atoms with E-state index in [2.05, 4.69) is 15.4 Å². The minimum atomic E-state index is -0.521. The van der Waals surface area contributed by atoms with Crippen molar-refractivity contribution in [1.29, 1.82) is 0 Å². The molecule has 0 aliphatic carbocycles. The van der Waals surface area contributed by atoms with Crippen LogP contribution in [0.2, 0.25) is 0 Å². The molecular weight excluding hydrogens is 372 g/mol. The molecule has 144 valence electrons. The van der Waals surface area contributed by atoms with Crippen LogP contribution in [0.3, 0.4) is 0 Å². The van der Waals surface area contributed by atoms with Crippen molar-refractivity contribution < 1.29 is 9.72 Å². The smallest absolute Gasteiger partial charge is 0.294 e. The second-order valence-electron chi connectivity index (χ2n) is 6.32. The van der Waals surface area contributed by atoms with Gasteiger partial charge in [0.15, 0.2) is 0 Å². The lowest BCUT2D eigenvalue weighted by molar-refractivity contribution is -0.384. The van der Waals surface area contributed by atoms with Gasteiger partial charge < -0.3 is 9.88 Å². The Labute approximate surface area is 165 Å². The van der Waals surface area contributed by atoms with Gasteiger partial charge in [-0.1, -0.05) is 6.07 Å². The number of anilines is 1. The number of carbonyl (C=O) groups excluding carboxylic acids is 1. The Morgan fingerprint density at radius 3 is 2.69 bits per heavy atom. The van der Waals surface area contributed by atoms with Gasteiger partial charge in [0, 0.05) is 41.6 Å². The van der Waals surface area contributed by atoms with E-state index in [4.69, 9.17) is 0 Å². The summed E-state index contributed by atoms with van der Waals surface area (Å²) in [7, 11) is 0. The molecule has 0 saturated carbocycles. The fourth-order valence-electron chi connectivity index (χ4n) is 2.99. The van der Waals surface area contributed by atoms with Gasteiger partial charge in [0.25, 0.3) is 11.6 Å². The van der Waals surface area contributed by atoms with Gasteiger partial charge in [-0.25, -0.2) is 9.67 Å². The van der Waals surface area contributed by atoms with Gasteiger partial charge in [-0.05, 0) is 43.3 Å². The van der Waals surface area contributed by atoms with E-state index in [1.807, 2.05) is 19.1 Å². The molecule has 1 amide bonds. The summed E-state index contributed by atoms with van der Waals surface area (Å²) >= 11 is 0. The number of rotatable bonds is 5. The molecule has 0 spiro atoms. The van der Waals surface area contributed by atoms with Crippen molar-refractivity contribution in [3.63, 3.8) is 0 Å². The number of imidazole rings is 1. The topological polar surface area (TPSA) is 108 Å². The zero-order chi connectivity index (χ0) is 20.4. The molecule has 0 aliphatic heterocycles. The summed E-state index contributed by atoms with van der Waals surface area (Å²) in [5, 5.41) is 18.5. The van der Waals surface area contributed by atoms with Crippen LogP contribution in [-0.2, 0) is 0 Å². The molecule has 0 bridgehead atoms. The Morgan fingerprint density at radius 1 is 1.14 bits per heavy atom. The van der Waals surface area contributed by atoms with E-state index in [0.29, 0.717) is 11.4 Å². The second-order valence-corrected chi connectivity index (χ2v) is 6.32. The minimum absolute atomic E-state index is 0.182. The van der Waals surface area contributed by atoms with Crippen LogP contribution >= 0.6 is 0 Å². The molecule has 9 heteroatoms. The van der Waals surface area contributed by atoms with Crippen LogP contribution in [0.25, 0.3) is 11.4 Å². The third-order valence-electron chi connectivity index (χ3n) is 4.40. The van der Waals surface area contributed by atoms with Crippen LogP contribution in [0.4, 0.5) is 11.4 Å². The second kappa shape index (κ2) is 7.39. The molecule has 1 N–H and O–H groups in total. The van der Waals surface area contributed by atoms with Crippen LogP contribution in [0.1, 0.15) is 16.1 Å². The molecule has 4 rings (SSSR count). The molecule has 0 unspecified atom stereocenters. The van der Waals surface area contributed by atoms with Crippen molar-refractivity contribution >= 4 is 17.3 Å². The lowest BCUT2D eigenvalue weighted by Crippen LogP contribution is -2.13. The molecule has 29 heavy (non-hydrogen) atoms. The van der Waals surface area contributed by atoms with Crippen molar-refractivity contribution in [3.8, 4) is 11.4 Å². The van der Waals surface area contributed by atoms with Gasteiger partial charge >= 0.3 is 0 Å². The van der Waals surface area contributed by atoms with Crippen LogP contribution in [0, 0.1) is 17.0 Å². The number of carbonyl (C=O) groups is 1. The van der Waals surface area contributed by atoms with E-state index < -0.39 is 10.8 Å². The van der Waals surface area contributed by atoms with E-state index in [0.717, 1.165) is 11.4 Å². The first kappa shape index (κ1) is 18.1. The average Bonchev–Trinajstić information content (AvgIpc) is 3.39. The lowest BCUT2D eigenvalue weighted by Gasteiger charge is -2.10. The fourth-order valence-corrected chi connectivity index (χ4v) is 2.99. The highest BCUT2D eigenvalue weighted by molar-refractivity contribution is 6.05. The SMILES string of the molecule is Cc1ccnn1-c1cccc(NC(=O)c2ccc(-n3ccnc3)c([N+](=O)[O-])c2)c1. The molecule has 2 aromatic carbocycles. The Bertz CT molecular complexity index is 1200. The fraction of sp³-hybridized carbons (Fsp3) is 0.0500. The highest BCUT2D eigenvalue weighted by atomic mass is 16.6. The summed E-state index contributed by atoms with van der Waals surface area (Å²) in [6, 6.07) is 13.4. The predicted molar refractivity (Wildman–Crippen MR) is 106 cm³/mol. The maximum Gasteiger partial charge on any atom is 0.294 e. The first-order chi connectivity index (χ1) is 14.0. The van der Waals surface area contributed by atoms with Gasteiger partial charge in [0.1, 0.15) is 5.69 Å². The van der Waals surface area contributed by atoms with Crippen molar-refractivity contribution in [3.05, 3.63) is 94.8 Å². The number of aromatic nitrogens is 4. The highest BCUT2D eigenvalue weighted by Crippen LogP contribution is 2.25. The first-order valence-electron chi connectivity index (χ1n) is 8.72. The van der Waals surface area contributed by atoms with E-state index in [-0.39, 0.29) is 11.3 Å². The number of hydrogen-bond donors (Lipinski definition) is 1. The zero-order valence-corrected chi connectivity index (χ0v) is 15.4. The third kappa shape index (κ3) is 3.61.